The van der Waals surface area contributed by atoms with E-state index in [1.54, 1.807) is 12.3 Å². The Morgan fingerprint density at radius 2 is 2.08 bits per heavy atom. The summed E-state index contributed by atoms with van der Waals surface area (Å²) in [5.74, 6) is 0.276. The highest BCUT2D eigenvalue weighted by atomic mass is 16.1. The number of aromatic amines is 1. The molecule has 1 aromatic carbocycles. The molecule has 24 heavy (non-hydrogen) atoms. The Kier molecular flexibility index (Phi) is 4.74. The normalized spacial score (nSPS) is 11.0. The molecule has 0 unspecified atom stereocenters. The molecule has 3 N–H and O–H groups in total. The van der Waals surface area contributed by atoms with E-state index in [2.05, 4.69) is 37.7 Å². The molecule has 6 heteroatoms. The Hall–Kier alpha value is -2.89. The van der Waals surface area contributed by atoms with Gasteiger partial charge in [-0.1, -0.05) is 18.2 Å². The van der Waals surface area contributed by atoms with Crippen LogP contribution in [0.15, 0.2) is 42.7 Å². The molecule has 2 heterocycles. The summed E-state index contributed by atoms with van der Waals surface area (Å²) in [6.45, 7) is 4.52. The summed E-state index contributed by atoms with van der Waals surface area (Å²) in [6.07, 6.45) is 4.46. The zero-order valence-electron chi connectivity index (χ0n) is 13.8. The van der Waals surface area contributed by atoms with E-state index < -0.39 is 0 Å². The number of benzene rings is 1. The topological polar surface area (TPSA) is 82.7 Å². The van der Waals surface area contributed by atoms with Crippen LogP contribution in [-0.4, -0.2) is 33.4 Å². The number of nitrogens with one attached hydrogen (secondary N) is 3. The Balaban J connectivity index is 1.62. The van der Waals surface area contributed by atoms with Crippen molar-refractivity contribution in [1.82, 2.24) is 20.3 Å². The van der Waals surface area contributed by atoms with Crippen molar-refractivity contribution in [2.75, 3.05) is 11.9 Å². The fraction of sp³-hybridized carbons (Fsp3) is 0.278. The van der Waals surface area contributed by atoms with Crippen LogP contribution in [0.1, 0.15) is 29.9 Å². The van der Waals surface area contributed by atoms with Gasteiger partial charge in [-0.15, -0.1) is 0 Å². The summed E-state index contributed by atoms with van der Waals surface area (Å²) in [4.78, 5) is 23.7. The predicted octanol–water partition coefficient (Wildman–Crippen LogP) is 2.75. The number of hydrogen-bond acceptors (Lipinski definition) is 4. The van der Waals surface area contributed by atoms with Crippen molar-refractivity contribution in [3.63, 3.8) is 0 Å². The number of anilines is 1. The lowest BCUT2D eigenvalue weighted by Crippen LogP contribution is -2.31. The average molecular weight is 323 g/mol. The van der Waals surface area contributed by atoms with Crippen LogP contribution in [0.5, 0.6) is 0 Å². The van der Waals surface area contributed by atoms with Gasteiger partial charge in [0.05, 0.1) is 0 Å². The Labute approximate surface area is 140 Å². The standard InChI is InChI=1S/C18H21N5O/c1-12(2)22-17(24)16-8-10-20-18(23-16)19-9-7-13-11-21-15-6-4-3-5-14(13)15/h3-6,8,10-12,21H,7,9H2,1-2H3,(H,22,24)(H,19,20,23). The highest BCUT2D eigenvalue weighted by Gasteiger charge is 2.10. The van der Waals surface area contributed by atoms with Crippen molar-refractivity contribution >= 4 is 22.8 Å². The summed E-state index contributed by atoms with van der Waals surface area (Å²) in [7, 11) is 0. The molecule has 0 saturated heterocycles. The summed E-state index contributed by atoms with van der Waals surface area (Å²) in [6, 6.07) is 9.91. The summed E-state index contributed by atoms with van der Waals surface area (Å²) < 4.78 is 0. The molecule has 0 fully saturated rings. The Morgan fingerprint density at radius 1 is 1.25 bits per heavy atom. The second-order valence-electron chi connectivity index (χ2n) is 5.93. The van der Waals surface area contributed by atoms with Gasteiger partial charge in [-0.2, -0.15) is 0 Å². The molecule has 0 aliphatic heterocycles. The first kappa shape index (κ1) is 16.0. The van der Waals surface area contributed by atoms with Crippen LogP contribution in [0.3, 0.4) is 0 Å². The molecular formula is C18H21N5O. The van der Waals surface area contributed by atoms with Gasteiger partial charge in [-0.05, 0) is 38.0 Å². The lowest BCUT2D eigenvalue weighted by molar-refractivity contribution is 0.0938. The van der Waals surface area contributed by atoms with E-state index in [1.165, 1.54) is 10.9 Å². The first-order valence-electron chi connectivity index (χ1n) is 8.06. The van der Waals surface area contributed by atoms with E-state index >= 15 is 0 Å². The molecule has 0 bridgehead atoms. The molecular weight excluding hydrogens is 302 g/mol. The second kappa shape index (κ2) is 7.12. The summed E-state index contributed by atoms with van der Waals surface area (Å²) in [5.41, 5.74) is 2.75. The van der Waals surface area contributed by atoms with E-state index in [4.69, 9.17) is 0 Å². The van der Waals surface area contributed by atoms with Gasteiger partial charge in [0.15, 0.2) is 0 Å². The minimum atomic E-state index is -0.188. The average Bonchev–Trinajstić information content (AvgIpc) is 2.98. The predicted molar refractivity (Wildman–Crippen MR) is 95.1 cm³/mol. The van der Waals surface area contributed by atoms with Crippen LogP contribution in [0.4, 0.5) is 5.95 Å². The molecule has 0 spiro atoms. The SMILES string of the molecule is CC(C)NC(=O)c1ccnc(NCCc2c[nH]c3ccccc23)n1. The smallest absolute Gasteiger partial charge is 0.270 e. The quantitative estimate of drug-likeness (QED) is 0.651. The minimum Gasteiger partial charge on any atom is -0.361 e. The molecule has 1 amide bonds. The first-order valence-corrected chi connectivity index (χ1v) is 8.06. The Bertz CT molecular complexity index is 840. The largest absolute Gasteiger partial charge is 0.361 e. The third-order valence-electron chi connectivity index (χ3n) is 3.66. The van der Waals surface area contributed by atoms with Gasteiger partial charge in [-0.25, -0.2) is 9.97 Å². The van der Waals surface area contributed by atoms with E-state index in [0.717, 1.165) is 11.9 Å². The van der Waals surface area contributed by atoms with Crippen molar-refractivity contribution in [1.29, 1.82) is 0 Å². The zero-order chi connectivity index (χ0) is 16.9. The number of aromatic nitrogens is 3. The summed E-state index contributed by atoms with van der Waals surface area (Å²) >= 11 is 0. The highest BCUT2D eigenvalue weighted by molar-refractivity contribution is 5.92. The van der Waals surface area contributed by atoms with Crippen molar-refractivity contribution in [2.24, 2.45) is 0 Å². The number of amides is 1. The molecule has 6 nitrogen and oxygen atoms in total. The molecule has 3 rings (SSSR count). The van der Waals surface area contributed by atoms with Crippen molar-refractivity contribution < 1.29 is 4.79 Å². The monoisotopic (exact) mass is 323 g/mol. The molecule has 0 aliphatic rings. The van der Waals surface area contributed by atoms with E-state index in [1.807, 2.05) is 32.2 Å². The van der Waals surface area contributed by atoms with Crippen LogP contribution in [0.2, 0.25) is 0 Å². The van der Waals surface area contributed by atoms with E-state index in [9.17, 15) is 4.79 Å². The third kappa shape index (κ3) is 3.71. The molecule has 3 aromatic rings. The van der Waals surface area contributed by atoms with Gasteiger partial charge in [0.2, 0.25) is 5.95 Å². The number of carbonyl (C=O) groups is 1. The van der Waals surface area contributed by atoms with Crippen LogP contribution in [0.25, 0.3) is 10.9 Å². The number of para-hydroxylation sites is 1. The highest BCUT2D eigenvalue weighted by Crippen LogP contribution is 2.18. The Morgan fingerprint density at radius 3 is 2.92 bits per heavy atom. The molecule has 124 valence electrons. The third-order valence-corrected chi connectivity index (χ3v) is 3.66. The molecule has 2 aromatic heterocycles. The molecule has 0 aliphatic carbocycles. The fourth-order valence-corrected chi connectivity index (χ4v) is 2.55. The number of carbonyl (C=O) groups excluding carboxylic acids is 1. The minimum absolute atomic E-state index is 0.0748. The van der Waals surface area contributed by atoms with Crippen LogP contribution < -0.4 is 10.6 Å². The van der Waals surface area contributed by atoms with Crippen molar-refractivity contribution in [3.8, 4) is 0 Å². The lowest BCUT2D eigenvalue weighted by atomic mass is 10.1. The van der Waals surface area contributed by atoms with Crippen LogP contribution in [-0.2, 0) is 6.42 Å². The van der Waals surface area contributed by atoms with E-state index in [-0.39, 0.29) is 11.9 Å². The molecule has 0 saturated carbocycles. The van der Waals surface area contributed by atoms with Crippen LogP contribution >= 0.6 is 0 Å². The van der Waals surface area contributed by atoms with Gasteiger partial charge >= 0.3 is 0 Å². The van der Waals surface area contributed by atoms with Gasteiger partial charge < -0.3 is 15.6 Å². The second-order valence-corrected chi connectivity index (χ2v) is 5.93. The van der Waals surface area contributed by atoms with E-state index in [0.29, 0.717) is 18.2 Å². The molecule has 0 radical (unpaired) electrons. The number of hydrogen-bond donors (Lipinski definition) is 3. The maximum atomic E-state index is 12.0. The van der Waals surface area contributed by atoms with Gasteiger partial charge in [0.25, 0.3) is 5.91 Å². The maximum absolute atomic E-state index is 12.0. The summed E-state index contributed by atoms with van der Waals surface area (Å²) in [5, 5.41) is 7.23. The van der Waals surface area contributed by atoms with Gasteiger partial charge in [-0.3, -0.25) is 4.79 Å². The number of rotatable bonds is 6. The zero-order valence-corrected chi connectivity index (χ0v) is 13.8. The van der Waals surface area contributed by atoms with Crippen molar-refractivity contribution in [3.05, 3.63) is 54.0 Å². The lowest BCUT2D eigenvalue weighted by Gasteiger charge is -2.09. The molecule has 0 atom stereocenters. The maximum Gasteiger partial charge on any atom is 0.270 e. The fourth-order valence-electron chi connectivity index (χ4n) is 2.55. The first-order chi connectivity index (χ1) is 11.6. The number of H-pyrrole nitrogens is 1. The number of nitrogens with zero attached hydrogens (tertiary/aromatic N) is 2. The number of fused-ring (bicyclic) bond motifs is 1. The van der Waals surface area contributed by atoms with Gasteiger partial charge in [0, 0.05) is 35.9 Å². The van der Waals surface area contributed by atoms with Gasteiger partial charge in [0.1, 0.15) is 5.69 Å². The van der Waals surface area contributed by atoms with Crippen molar-refractivity contribution in [2.45, 2.75) is 26.3 Å². The van der Waals surface area contributed by atoms with Crippen LogP contribution in [0, 0.1) is 0 Å².